The van der Waals surface area contributed by atoms with Crippen LogP contribution < -0.4 is 5.32 Å². The summed E-state index contributed by atoms with van der Waals surface area (Å²) in [6.07, 6.45) is 3.51. The van der Waals surface area contributed by atoms with E-state index >= 15 is 0 Å². The lowest BCUT2D eigenvalue weighted by Gasteiger charge is -2.09. The molecule has 4 aromatic heterocycles. The maximum Gasteiger partial charge on any atom is 0.230 e. The lowest BCUT2D eigenvalue weighted by Crippen LogP contribution is -2.17. The number of anilines is 1. The van der Waals surface area contributed by atoms with Gasteiger partial charge in [0.05, 0.1) is 29.4 Å². The number of carbonyl (C=O) groups is 1. The molecule has 0 saturated carbocycles. The largest absolute Gasteiger partial charge is 0.310 e. The third-order valence-electron chi connectivity index (χ3n) is 4.56. The zero-order valence-electron chi connectivity index (χ0n) is 16.1. The Hall–Kier alpha value is -3.85. The fourth-order valence-electron chi connectivity index (χ4n) is 3.27. The zero-order valence-corrected chi connectivity index (χ0v) is 16.9. The topological polar surface area (TPSA) is 90.5 Å². The van der Waals surface area contributed by atoms with E-state index in [1.54, 1.807) is 26.9 Å². The number of nitrogens with zero attached hydrogens (tertiary/aromatic N) is 6. The van der Waals surface area contributed by atoms with Crippen molar-refractivity contribution in [3.05, 3.63) is 77.0 Å². The van der Waals surface area contributed by atoms with Gasteiger partial charge in [0.25, 0.3) is 0 Å². The van der Waals surface area contributed by atoms with Gasteiger partial charge in [0.15, 0.2) is 11.5 Å². The lowest BCUT2D eigenvalue weighted by atomic mass is 10.3. The third kappa shape index (κ3) is 3.35. The van der Waals surface area contributed by atoms with Crippen LogP contribution in [0, 0.1) is 6.92 Å². The number of benzene rings is 1. The first-order chi connectivity index (χ1) is 14.7. The second kappa shape index (κ2) is 7.53. The van der Waals surface area contributed by atoms with Crippen LogP contribution >= 0.6 is 11.3 Å². The van der Waals surface area contributed by atoms with E-state index in [0.29, 0.717) is 23.7 Å². The SMILES string of the molecule is Cc1cc(NC(=O)Cc2cccs2)n(-c2ncnc3c2cnn3-c2ccccc2)n1. The molecule has 1 amide bonds. The fraction of sp³-hybridized carbons (Fsp3) is 0.0952. The maximum atomic E-state index is 12.5. The van der Waals surface area contributed by atoms with Crippen molar-refractivity contribution in [3.8, 4) is 11.5 Å². The van der Waals surface area contributed by atoms with Crippen molar-refractivity contribution >= 4 is 34.1 Å². The average Bonchev–Trinajstić information content (AvgIpc) is 3.48. The van der Waals surface area contributed by atoms with Crippen molar-refractivity contribution < 1.29 is 4.79 Å². The Bertz CT molecular complexity index is 1320. The number of amides is 1. The van der Waals surface area contributed by atoms with Crippen LogP contribution in [0.15, 0.2) is 66.4 Å². The summed E-state index contributed by atoms with van der Waals surface area (Å²) >= 11 is 1.56. The summed E-state index contributed by atoms with van der Waals surface area (Å²) in [5.41, 5.74) is 2.33. The number of hydrogen-bond acceptors (Lipinski definition) is 6. The number of nitrogens with one attached hydrogen (secondary N) is 1. The van der Waals surface area contributed by atoms with Gasteiger partial charge in [0.1, 0.15) is 12.1 Å². The third-order valence-corrected chi connectivity index (χ3v) is 5.44. The molecule has 0 bridgehead atoms. The van der Waals surface area contributed by atoms with Crippen molar-refractivity contribution in [1.29, 1.82) is 0 Å². The Labute approximate surface area is 175 Å². The second-order valence-electron chi connectivity index (χ2n) is 6.71. The summed E-state index contributed by atoms with van der Waals surface area (Å²) in [5, 5.41) is 14.7. The van der Waals surface area contributed by atoms with Crippen molar-refractivity contribution in [2.45, 2.75) is 13.3 Å². The molecule has 0 fully saturated rings. The molecule has 0 atom stereocenters. The monoisotopic (exact) mass is 415 g/mol. The normalized spacial score (nSPS) is 11.1. The van der Waals surface area contributed by atoms with Crippen molar-refractivity contribution in [1.82, 2.24) is 29.5 Å². The standard InChI is InChI=1S/C21H17N7OS/c1-14-10-18(25-19(29)11-16-8-5-9-30-16)28(26-14)21-17-12-24-27(20(17)22-13-23-21)15-6-3-2-4-7-15/h2-10,12-13H,11H2,1H3,(H,25,29). The van der Waals surface area contributed by atoms with E-state index in [9.17, 15) is 4.79 Å². The van der Waals surface area contributed by atoms with Gasteiger partial charge in [-0.3, -0.25) is 4.79 Å². The minimum atomic E-state index is -0.108. The molecule has 0 saturated heterocycles. The summed E-state index contributed by atoms with van der Waals surface area (Å²) in [4.78, 5) is 22.4. The summed E-state index contributed by atoms with van der Waals surface area (Å²) in [6, 6.07) is 15.5. The zero-order chi connectivity index (χ0) is 20.5. The highest BCUT2D eigenvalue weighted by Gasteiger charge is 2.17. The molecule has 8 nitrogen and oxygen atoms in total. The smallest absolute Gasteiger partial charge is 0.230 e. The number of fused-ring (bicyclic) bond motifs is 1. The summed E-state index contributed by atoms with van der Waals surface area (Å²) < 4.78 is 3.38. The average molecular weight is 415 g/mol. The molecule has 0 spiro atoms. The molecule has 4 heterocycles. The molecule has 0 radical (unpaired) electrons. The molecule has 1 N–H and O–H groups in total. The van der Waals surface area contributed by atoms with E-state index in [1.807, 2.05) is 60.8 Å². The summed E-state index contributed by atoms with van der Waals surface area (Å²) in [5.74, 6) is 1.01. The number of aryl methyl sites for hydroxylation is 1. The number of aromatic nitrogens is 6. The maximum absolute atomic E-state index is 12.5. The van der Waals surface area contributed by atoms with Crippen LogP contribution in [0.1, 0.15) is 10.6 Å². The van der Waals surface area contributed by atoms with Crippen molar-refractivity contribution in [2.75, 3.05) is 5.32 Å². The first kappa shape index (κ1) is 18.2. The molecule has 0 unspecified atom stereocenters. The molecule has 1 aromatic carbocycles. The van der Waals surface area contributed by atoms with Crippen LogP contribution in [-0.4, -0.2) is 35.4 Å². The quantitative estimate of drug-likeness (QED) is 0.474. The van der Waals surface area contributed by atoms with Crippen molar-refractivity contribution in [2.24, 2.45) is 0 Å². The second-order valence-corrected chi connectivity index (χ2v) is 7.75. The van der Waals surface area contributed by atoms with E-state index in [4.69, 9.17) is 0 Å². The van der Waals surface area contributed by atoms with E-state index in [-0.39, 0.29) is 5.91 Å². The molecule has 9 heteroatoms. The molecular weight excluding hydrogens is 398 g/mol. The summed E-state index contributed by atoms with van der Waals surface area (Å²) in [6.45, 7) is 1.87. The number of rotatable bonds is 5. The van der Waals surface area contributed by atoms with Gasteiger partial charge in [-0.25, -0.2) is 14.6 Å². The molecule has 0 aliphatic heterocycles. The van der Waals surface area contributed by atoms with Crippen molar-refractivity contribution in [3.63, 3.8) is 0 Å². The van der Waals surface area contributed by atoms with Crippen LogP contribution in [0.4, 0.5) is 5.82 Å². The Balaban J connectivity index is 1.53. The first-order valence-corrected chi connectivity index (χ1v) is 10.2. The molecule has 0 aliphatic carbocycles. The van der Waals surface area contributed by atoms with E-state index in [0.717, 1.165) is 21.6 Å². The molecule has 30 heavy (non-hydrogen) atoms. The molecule has 5 aromatic rings. The number of hydrogen-bond donors (Lipinski definition) is 1. The molecule has 5 rings (SSSR count). The van der Waals surface area contributed by atoms with E-state index < -0.39 is 0 Å². The fourth-order valence-corrected chi connectivity index (χ4v) is 3.97. The minimum absolute atomic E-state index is 0.108. The Morgan fingerprint density at radius 2 is 1.97 bits per heavy atom. The van der Waals surface area contributed by atoms with Gasteiger partial charge >= 0.3 is 0 Å². The van der Waals surface area contributed by atoms with Gasteiger partial charge in [-0.2, -0.15) is 14.9 Å². The van der Waals surface area contributed by atoms with Crippen LogP contribution in [-0.2, 0) is 11.2 Å². The predicted molar refractivity (Wildman–Crippen MR) is 115 cm³/mol. The van der Waals surface area contributed by atoms with Gasteiger partial charge in [-0.15, -0.1) is 11.3 Å². The van der Waals surface area contributed by atoms with Gasteiger partial charge in [-0.05, 0) is 30.5 Å². The highest BCUT2D eigenvalue weighted by Crippen LogP contribution is 2.24. The highest BCUT2D eigenvalue weighted by atomic mass is 32.1. The molecule has 0 aliphatic rings. The summed E-state index contributed by atoms with van der Waals surface area (Å²) in [7, 11) is 0. The Morgan fingerprint density at radius 3 is 2.77 bits per heavy atom. The van der Waals surface area contributed by atoms with Crippen LogP contribution in [0.3, 0.4) is 0 Å². The van der Waals surface area contributed by atoms with Gasteiger partial charge in [0, 0.05) is 10.9 Å². The van der Waals surface area contributed by atoms with Crippen LogP contribution in [0.2, 0.25) is 0 Å². The first-order valence-electron chi connectivity index (χ1n) is 9.32. The number of thiophene rings is 1. The van der Waals surface area contributed by atoms with Crippen LogP contribution in [0.25, 0.3) is 22.5 Å². The highest BCUT2D eigenvalue weighted by molar-refractivity contribution is 7.10. The van der Waals surface area contributed by atoms with Gasteiger partial charge in [-0.1, -0.05) is 24.3 Å². The van der Waals surface area contributed by atoms with E-state index in [2.05, 4.69) is 25.5 Å². The predicted octanol–water partition coefficient (Wildman–Crippen LogP) is 3.55. The van der Waals surface area contributed by atoms with Gasteiger partial charge in [0.2, 0.25) is 5.91 Å². The Kier molecular flexibility index (Phi) is 4.56. The molecular formula is C21H17N7OS. The van der Waals surface area contributed by atoms with E-state index in [1.165, 1.54) is 6.33 Å². The van der Waals surface area contributed by atoms with Crippen LogP contribution in [0.5, 0.6) is 0 Å². The lowest BCUT2D eigenvalue weighted by molar-refractivity contribution is -0.115. The number of para-hydroxylation sites is 1. The van der Waals surface area contributed by atoms with Gasteiger partial charge < -0.3 is 5.32 Å². The Morgan fingerprint density at radius 1 is 1.10 bits per heavy atom. The number of carbonyl (C=O) groups excluding carboxylic acids is 1. The molecule has 148 valence electrons. The minimum Gasteiger partial charge on any atom is -0.310 e.